The van der Waals surface area contributed by atoms with E-state index in [-0.39, 0.29) is 11.4 Å². The molecular formula is C18H14Cl2N2O3. The van der Waals surface area contributed by atoms with Gasteiger partial charge in [-0.25, -0.2) is 4.79 Å². The number of para-hydroxylation sites is 2. The van der Waals surface area contributed by atoms with E-state index in [0.29, 0.717) is 10.0 Å². The molecule has 25 heavy (non-hydrogen) atoms. The van der Waals surface area contributed by atoms with Gasteiger partial charge in [0.25, 0.3) is 5.91 Å². The van der Waals surface area contributed by atoms with Crippen molar-refractivity contribution >= 4 is 51.7 Å². The van der Waals surface area contributed by atoms with E-state index in [0.717, 1.165) is 10.9 Å². The molecule has 1 atom stereocenters. The molecule has 3 aromatic rings. The van der Waals surface area contributed by atoms with E-state index in [1.807, 2.05) is 24.3 Å². The van der Waals surface area contributed by atoms with E-state index >= 15 is 0 Å². The zero-order chi connectivity index (χ0) is 18.0. The van der Waals surface area contributed by atoms with Gasteiger partial charge in [-0.2, -0.15) is 0 Å². The largest absolute Gasteiger partial charge is 0.448 e. The zero-order valence-corrected chi connectivity index (χ0v) is 14.7. The monoisotopic (exact) mass is 376 g/mol. The van der Waals surface area contributed by atoms with Crippen LogP contribution in [0.1, 0.15) is 17.4 Å². The number of rotatable bonds is 4. The molecule has 1 heterocycles. The fourth-order valence-corrected chi connectivity index (χ4v) is 2.79. The molecule has 0 saturated heterocycles. The molecule has 0 radical (unpaired) electrons. The van der Waals surface area contributed by atoms with Crippen LogP contribution in [0.5, 0.6) is 0 Å². The first-order valence-electron chi connectivity index (χ1n) is 7.49. The molecule has 1 aromatic heterocycles. The van der Waals surface area contributed by atoms with Crippen molar-refractivity contribution in [1.82, 2.24) is 4.98 Å². The topological polar surface area (TPSA) is 71.2 Å². The zero-order valence-electron chi connectivity index (χ0n) is 13.2. The van der Waals surface area contributed by atoms with Gasteiger partial charge in [0, 0.05) is 10.9 Å². The highest BCUT2D eigenvalue weighted by atomic mass is 35.5. The van der Waals surface area contributed by atoms with Crippen LogP contribution < -0.4 is 5.32 Å². The molecule has 2 N–H and O–H groups in total. The SMILES string of the molecule is C[C@@H](OC(=O)c1cc2ccccc2[nH]1)C(=O)Nc1c(Cl)cccc1Cl. The number of halogens is 2. The number of anilines is 1. The molecule has 0 aliphatic carbocycles. The van der Waals surface area contributed by atoms with Gasteiger partial charge in [0.2, 0.25) is 0 Å². The molecule has 0 aliphatic rings. The standard InChI is InChI=1S/C18H14Cl2N2O3/c1-10(17(23)22-16-12(19)6-4-7-13(16)20)25-18(24)15-9-11-5-2-3-8-14(11)21-15/h2-10,21H,1H3,(H,22,23)/t10-/m1/s1. The van der Waals surface area contributed by atoms with Crippen molar-refractivity contribution in [2.24, 2.45) is 0 Å². The number of ether oxygens (including phenoxy) is 1. The number of aromatic amines is 1. The van der Waals surface area contributed by atoms with Crippen molar-refractivity contribution in [2.45, 2.75) is 13.0 Å². The first-order valence-corrected chi connectivity index (χ1v) is 8.25. The van der Waals surface area contributed by atoms with Crippen molar-refractivity contribution < 1.29 is 14.3 Å². The molecule has 7 heteroatoms. The highest BCUT2D eigenvalue weighted by Crippen LogP contribution is 2.30. The summed E-state index contributed by atoms with van der Waals surface area (Å²) in [4.78, 5) is 27.4. The lowest BCUT2D eigenvalue weighted by molar-refractivity contribution is -0.123. The molecular weight excluding hydrogens is 363 g/mol. The number of H-pyrrole nitrogens is 1. The Hall–Kier alpha value is -2.50. The van der Waals surface area contributed by atoms with Gasteiger partial charge in [0.05, 0.1) is 15.7 Å². The molecule has 128 valence electrons. The Bertz CT molecular complexity index is 899. The number of carbonyl (C=O) groups excluding carboxylic acids is 2. The van der Waals surface area contributed by atoms with Gasteiger partial charge in [0.15, 0.2) is 6.10 Å². The van der Waals surface area contributed by atoms with Crippen LogP contribution in [0.2, 0.25) is 10.0 Å². The molecule has 2 aromatic carbocycles. The van der Waals surface area contributed by atoms with Crippen LogP contribution in [0.3, 0.4) is 0 Å². The summed E-state index contributed by atoms with van der Waals surface area (Å²) >= 11 is 12.0. The lowest BCUT2D eigenvalue weighted by Crippen LogP contribution is -2.30. The molecule has 0 spiro atoms. The van der Waals surface area contributed by atoms with Gasteiger partial charge in [-0.3, -0.25) is 4.79 Å². The Morgan fingerprint density at radius 3 is 2.44 bits per heavy atom. The first kappa shape index (κ1) is 17.3. The summed E-state index contributed by atoms with van der Waals surface area (Å²) in [6.07, 6.45) is -1.02. The number of fused-ring (bicyclic) bond motifs is 1. The van der Waals surface area contributed by atoms with Crippen LogP contribution in [0.15, 0.2) is 48.5 Å². The predicted octanol–water partition coefficient (Wildman–Crippen LogP) is 4.66. The first-order chi connectivity index (χ1) is 12.0. The van der Waals surface area contributed by atoms with Crippen LogP contribution >= 0.6 is 23.2 Å². The minimum absolute atomic E-state index is 0.275. The average molecular weight is 377 g/mol. The van der Waals surface area contributed by atoms with Crippen LogP contribution in [-0.4, -0.2) is 23.0 Å². The van der Waals surface area contributed by atoms with Crippen LogP contribution in [-0.2, 0) is 9.53 Å². The Morgan fingerprint density at radius 2 is 1.76 bits per heavy atom. The number of hydrogen-bond acceptors (Lipinski definition) is 3. The third-order valence-corrected chi connectivity index (χ3v) is 4.24. The second kappa shape index (κ2) is 7.17. The smallest absolute Gasteiger partial charge is 0.355 e. The van der Waals surface area contributed by atoms with Gasteiger partial charge in [-0.15, -0.1) is 0 Å². The number of amides is 1. The maximum absolute atomic E-state index is 12.2. The second-order valence-corrected chi connectivity index (χ2v) is 6.22. The Labute approximate surface area is 153 Å². The van der Waals surface area contributed by atoms with Crippen LogP contribution in [0.25, 0.3) is 10.9 Å². The minimum atomic E-state index is -1.02. The Kier molecular flexibility index (Phi) is 4.97. The van der Waals surface area contributed by atoms with Crippen molar-refractivity contribution in [1.29, 1.82) is 0 Å². The summed E-state index contributed by atoms with van der Waals surface area (Å²) in [7, 11) is 0. The van der Waals surface area contributed by atoms with E-state index in [1.54, 1.807) is 24.3 Å². The Morgan fingerprint density at radius 1 is 1.08 bits per heavy atom. The predicted molar refractivity (Wildman–Crippen MR) is 98.3 cm³/mol. The summed E-state index contributed by atoms with van der Waals surface area (Å²) in [5.41, 5.74) is 1.37. The van der Waals surface area contributed by atoms with Gasteiger partial charge in [-0.05, 0) is 31.2 Å². The normalized spacial score (nSPS) is 12.0. The molecule has 5 nitrogen and oxygen atoms in total. The fourth-order valence-electron chi connectivity index (χ4n) is 2.30. The summed E-state index contributed by atoms with van der Waals surface area (Å²) in [6, 6.07) is 14.0. The third kappa shape index (κ3) is 3.78. The molecule has 0 fully saturated rings. The van der Waals surface area contributed by atoms with Crippen molar-refractivity contribution in [3.05, 3.63) is 64.3 Å². The van der Waals surface area contributed by atoms with Crippen molar-refractivity contribution in [3.63, 3.8) is 0 Å². The maximum Gasteiger partial charge on any atom is 0.355 e. The number of aromatic nitrogens is 1. The summed E-state index contributed by atoms with van der Waals surface area (Å²) in [6.45, 7) is 1.47. The van der Waals surface area contributed by atoms with E-state index in [1.165, 1.54) is 6.92 Å². The van der Waals surface area contributed by atoms with Crippen molar-refractivity contribution in [2.75, 3.05) is 5.32 Å². The number of nitrogens with one attached hydrogen (secondary N) is 2. The van der Waals surface area contributed by atoms with E-state index < -0.39 is 18.0 Å². The maximum atomic E-state index is 12.2. The average Bonchev–Trinajstić information content (AvgIpc) is 3.02. The third-order valence-electron chi connectivity index (χ3n) is 3.61. The van der Waals surface area contributed by atoms with E-state index in [2.05, 4.69) is 10.3 Å². The highest BCUT2D eigenvalue weighted by Gasteiger charge is 2.21. The van der Waals surface area contributed by atoms with E-state index in [9.17, 15) is 9.59 Å². The second-order valence-electron chi connectivity index (χ2n) is 5.40. The van der Waals surface area contributed by atoms with Gasteiger partial charge in [-0.1, -0.05) is 47.5 Å². The van der Waals surface area contributed by atoms with Crippen LogP contribution in [0.4, 0.5) is 5.69 Å². The van der Waals surface area contributed by atoms with Gasteiger partial charge >= 0.3 is 5.97 Å². The summed E-state index contributed by atoms with van der Waals surface area (Å²) < 4.78 is 5.21. The van der Waals surface area contributed by atoms with Gasteiger partial charge < -0.3 is 15.0 Å². The Balaban J connectivity index is 1.69. The molecule has 1 amide bonds. The molecule has 0 saturated carbocycles. The lowest BCUT2D eigenvalue weighted by atomic mass is 10.2. The molecule has 0 aliphatic heterocycles. The number of carbonyl (C=O) groups is 2. The molecule has 3 rings (SSSR count). The number of hydrogen-bond donors (Lipinski definition) is 2. The highest BCUT2D eigenvalue weighted by molar-refractivity contribution is 6.39. The van der Waals surface area contributed by atoms with Gasteiger partial charge in [0.1, 0.15) is 5.69 Å². The lowest BCUT2D eigenvalue weighted by Gasteiger charge is -2.14. The molecule has 0 bridgehead atoms. The summed E-state index contributed by atoms with van der Waals surface area (Å²) in [5.74, 6) is -1.15. The van der Waals surface area contributed by atoms with Crippen LogP contribution in [0, 0.1) is 0 Å². The number of benzene rings is 2. The number of esters is 1. The summed E-state index contributed by atoms with van der Waals surface area (Å²) in [5, 5.41) is 4.06. The fraction of sp³-hybridized carbons (Fsp3) is 0.111. The quantitative estimate of drug-likeness (QED) is 0.650. The van der Waals surface area contributed by atoms with Crippen molar-refractivity contribution in [3.8, 4) is 0 Å². The minimum Gasteiger partial charge on any atom is -0.448 e. The van der Waals surface area contributed by atoms with E-state index in [4.69, 9.17) is 27.9 Å². The molecule has 0 unspecified atom stereocenters.